The topological polar surface area (TPSA) is 88.5 Å². The molecule has 0 aliphatic carbocycles. The summed E-state index contributed by atoms with van der Waals surface area (Å²) in [5.74, 6) is 2.08. The van der Waals surface area contributed by atoms with Crippen LogP contribution in [0.1, 0.15) is 36.5 Å². The van der Waals surface area contributed by atoms with Crippen LogP contribution in [-0.2, 0) is 24.2 Å². The maximum atomic E-state index is 12.4. The van der Waals surface area contributed by atoms with Gasteiger partial charge in [0.05, 0.1) is 18.7 Å². The van der Waals surface area contributed by atoms with Crippen LogP contribution in [0, 0.1) is 6.92 Å². The lowest BCUT2D eigenvalue weighted by molar-refractivity contribution is -0.130. The van der Waals surface area contributed by atoms with Gasteiger partial charge in [-0.15, -0.1) is 0 Å². The Labute approximate surface area is 140 Å². The molecule has 3 heterocycles. The van der Waals surface area contributed by atoms with E-state index in [4.69, 9.17) is 9.05 Å². The first kappa shape index (κ1) is 16.6. The molecular weight excluding hydrogens is 310 g/mol. The van der Waals surface area contributed by atoms with Gasteiger partial charge in [-0.1, -0.05) is 17.2 Å². The van der Waals surface area contributed by atoms with Gasteiger partial charge in [0, 0.05) is 38.7 Å². The van der Waals surface area contributed by atoms with Crippen molar-refractivity contribution >= 4 is 5.91 Å². The molecule has 1 fully saturated rings. The van der Waals surface area contributed by atoms with Crippen LogP contribution in [0.3, 0.4) is 0 Å². The summed E-state index contributed by atoms with van der Waals surface area (Å²) in [6, 6.07) is 1.81. The summed E-state index contributed by atoms with van der Waals surface area (Å²) in [7, 11) is 0. The quantitative estimate of drug-likeness (QED) is 0.812. The van der Waals surface area contributed by atoms with Crippen molar-refractivity contribution in [3.05, 3.63) is 29.2 Å². The fourth-order valence-electron chi connectivity index (χ4n) is 2.84. The van der Waals surface area contributed by atoms with Crippen LogP contribution in [0.5, 0.6) is 0 Å². The number of nitrogens with zero attached hydrogens (tertiary/aromatic N) is 5. The van der Waals surface area contributed by atoms with Gasteiger partial charge < -0.3 is 13.9 Å². The van der Waals surface area contributed by atoms with Crippen molar-refractivity contribution in [1.82, 2.24) is 25.1 Å². The normalized spacial score (nSPS) is 16.3. The van der Waals surface area contributed by atoms with Crippen molar-refractivity contribution in [2.45, 2.75) is 39.7 Å². The Morgan fingerprint density at radius 3 is 2.79 bits per heavy atom. The standard InChI is InChI=1S/C16H23N5O3/c1-3-15-17-14(19-24-15)11-20-5-4-6-21(8-7-20)16(22)10-13-9-12(2)18-23-13/h9H,3-8,10-11H2,1-2H3. The zero-order valence-corrected chi connectivity index (χ0v) is 14.2. The molecule has 0 N–H and O–H groups in total. The lowest BCUT2D eigenvalue weighted by Gasteiger charge is -2.20. The maximum absolute atomic E-state index is 12.4. The predicted octanol–water partition coefficient (Wildman–Crippen LogP) is 1.21. The molecule has 0 atom stereocenters. The Morgan fingerprint density at radius 1 is 1.21 bits per heavy atom. The fraction of sp³-hybridized carbons (Fsp3) is 0.625. The highest BCUT2D eigenvalue weighted by Crippen LogP contribution is 2.10. The average molecular weight is 333 g/mol. The molecule has 1 saturated heterocycles. The second-order valence-corrected chi connectivity index (χ2v) is 6.08. The molecule has 1 amide bonds. The van der Waals surface area contributed by atoms with Crippen molar-refractivity contribution < 1.29 is 13.8 Å². The third-order valence-electron chi connectivity index (χ3n) is 4.12. The van der Waals surface area contributed by atoms with E-state index in [-0.39, 0.29) is 12.3 Å². The number of amides is 1. The van der Waals surface area contributed by atoms with Gasteiger partial charge in [-0.25, -0.2) is 0 Å². The summed E-state index contributed by atoms with van der Waals surface area (Å²) in [5.41, 5.74) is 0.798. The minimum absolute atomic E-state index is 0.0841. The first-order valence-electron chi connectivity index (χ1n) is 8.38. The largest absolute Gasteiger partial charge is 0.361 e. The van der Waals surface area contributed by atoms with E-state index in [1.54, 1.807) is 0 Å². The number of carbonyl (C=O) groups is 1. The van der Waals surface area contributed by atoms with E-state index in [9.17, 15) is 4.79 Å². The number of rotatable bonds is 5. The molecule has 24 heavy (non-hydrogen) atoms. The molecule has 1 aliphatic heterocycles. The van der Waals surface area contributed by atoms with E-state index in [1.807, 2.05) is 24.8 Å². The van der Waals surface area contributed by atoms with Crippen LogP contribution in [0.15, 0.2) is 15.1 Å². The SMILES string of the molecule is CCc1nc(CN2CCCN(C(=O)Cc3cc(C)no3)CC2)no1. The van der Waals surface area contributed by atoms with E-state index in [0.717, 1.165) is 38.2 Å². The van der Waals surface area contributed by atoms with Gasteiger partial charge >= 0.3 is 0 Å². The molecule has 0 saturated carbocycles. The van der Waals surface area contributed by atoms with Crippen LogP contribution in [0.2, 0.25) is 0 Å². The van der Waals surface area contributed by atoms with E-state index in [2.05, 4.69) is 20.2 Å². The molecule has 0 spiro atoms. The molecule has 8 heteroatoms. The highest BCUT2D eigenvalue weighted by Gasteiger charge is 2.21. The summed E-state index contributed by atoms with van der Waals surface area (Å²) >= 11 is 0. The first-order valence-corrected chi connectivity index (χ1v) is 8.38. The second kappa shape index (κ2) is 7.57. The van der Waals surface area contributed by atoms with Crippen LogP contribution in [0.4, 0.5) is 0 Å². The summed E-state index contributed by atoms with van der Waals surface area (Å²) in [6.45, 7) is 7.68. The van der Waals surface area contributed by atoms with E-state index in [1.165, 1.54) is 0 Å². The minimum atomic E-state index is 0.0841. The van der Waals surface area contributed by atoms with Gasteiger partial charge in [0.25, 0.3) is 0 Å². The number of hydrogen-bond donors (Lipinski definition) is 0. The van der Waals surface area contributed by atoms with E-state index < -0.39 is 0 Å². The van der Waals surface area contributed by atoms with E-state index >= 15 is 0 Å². The van der Waals surface area contributed by atoms with Crippen molar-refractivity contribution in [1.29, 1.82) is 0 Å². The molecule has 8 nitrogen and oxygen atoms in total. The van der Waals surface area contributed by atoms with Gasteiger partial charge in [-0.05, 0) is 13.3 Å². The summed E-state index contributed by atoms with van der Waals surface area (Å²) in [6.07, 6.45) is 1.95. The molecule has 0 aromatic carbocycles. The molecule has 0 radical (unpaired) electrons. The third kappa shape index (κ3) is 4.19. The Balaban J connectivity index is 1.51. The molecule has 0 bridgehead atoms. The third-order valence-corrected chi connectivity index (χ3v) is 4.12. The number of carbonyl (C=O) groups excluding carboxylic acids is 1. The minimum Gasteiger partial charge on any atom is -0.361 e. The lowest BCUT2D eigenvalue weighted by atomic mass is 10.2. The lowest BCUT2D eigenvalue weighted by Crippen LogP contribution is -2.36. The average Bonchev–Trinajstić information content (AvgIpc) is 3.11. The number of aromatic nitrogens is 3. The molecule has 3 rings (SSSR count). The van der Waals surface area contributed by atoms with Gasteiger partial charge in [-0.3, -0.25) is 9.69 Å². The fourth-order valence-corrected chi connectivity index (χ4v) is 2.84. The van der Waals surface area contributed by atoms with Gasteiger partial charge in [-0.2, -0.15) is 4.98 Å². The second-order valence-electron chi connectivity index (χ2n) is 6.08. The Bertz CT molecular complexity index is 681. The van der Waals surface area contributed by atoms with Crippen LogP contribution in [0.25, 0.3) is 0 Å². The van der Waals surface area contributed by atoms with Crippen molar-refractivity contribution in [2.24, 2.45) is 0 Å². The zero-order chi connectivity index (χ0) is 16.9. The summed E-state index contributed by atoms with van der Waals surface area (Å²) in [5, 5.41) is 7.82. The summed E-state index contributed by atoms with van der Waals surface area (Å²) in [4.78, 5) is 20.9. The van der Waals surface area contributed by atoms with Gasteiger partial charge in [0.2, 0.25) is 11.8 Å². The predicted molar refractivity (Wildman–Crippen MR) is 85.1 cm³/mol. The number of hydrogen-bond acceptors (Lipinski definition) is 7. The molecular formula is C16H23N5O3. The van der Waals surface area contributed by atoms with Crippen LogP contribution >= 0.6 is 0 Å². The monoisotopic (exact) mass is 333 g/mol. The van der Waals surface area contributed by atoms with Crippen molar-refractivity contribution in [3.63, 3.8) is 0 Å². The summed E-state index contributed by atoms with van der Waals surface area (Å²) < 4.78 is 10.3. The molecule has 0 unspecified atom stereocenters. The Morgan fingerprint density at radius 2 is 2.08 bits per heavy atom. The van der Waals surface area contributed by atoms with Gasteiger partial charge in [0.15, 0.2) is 5.82 Å². The van der Waals surface area contributed by atoms with E-state index in [0.29, 0.717) is 30.6 Å². The van der Waals surface area contributed by atoms with Crippen molar-refractivity contribution in [3.8, 4) is 0 Å². The Hall–Kier alpha value is -2.22. The maximum Gasteiger partial charge on any atom is 0.230 e. The van der Waals surface area contributed by atoms with Crippen LogP contribution in [-0.4, -0.2) is 57.2 Å². The molecule has 2 aromatic rings. The smallest absolute Gasteiger partial charge is 0.230 e. The Kier molecular flexibility index (Phi) is 5.24. The van der Waals surface area contributed by atoms with Crippen molar-refractivity contribution in [2.75, 3.05) is 26.2 Å². The first-order chi connectivity index (χ1) is 11.6. The molecule has 2 aromatic heterocycles. The zero-order valence-electron chi connectivity index (χ0n) is 14.2. The highest BCUT2D eigenvalue weighted by molar-refractivity contribution is 5.78. The molecule has 1 aliphatic rings. The highest BCUT2D eigenvalue weighted by atomic mass is 16.5. The van der Waals surface area contributed by atoms with Gasteiger partial charge in [0.1, 0.15) is 5.76 Å². The molecule has 130 valence electrons. The number of aryl methyl sites for hydroxylation is 2. The van der Waals surface area contributed by atoms with Crippen LogP contribution < -0.4 is 0 Å².